The molecule has 150 valence electrons. The standard InChI is InChI=1S/C19H16ClFN4O3S/c1-19(2)17(27)24(11-4-3-10(9-22)14(20)7-11)18(29)25(19)12-5-6-13(15(21)8-12)16(26)23-28/h3-8,17,27-28H,1-2H3,(H,23,26). The van der Waals surface area contributed by atoms with Gasteiger partial charge in [-0.1, -0.05) is 11.6 Å². The third-order valence-electron chi connectivity index (χ3n) is 4.76. The first-order valence-corrected chi connectivity index (χ1v) is 9.17. The minimum atomic E-state index is -1.11. The third kappa shape index (κ3) is 3.41. The normalized spacial score (nSPS) is 18.0. The maximum Gasteiger partial charge on any atom is 0.277 e. The smallest absolute Gasteiger partial charge is 0.277 e. The first kappa shape index (κ1) is 21.0. The molecule has 0 aromatic heterocycles. The highest BCUT2D eigenvalue weighted by Crippen LogP contribution is 2.40. The number of hydrogen-bond acceptors (Lipinski definition) is 5. The number of benzene rings is 2. The molecule has 1 amide bonds. The molecule has 0 radical (unpaired) electrons. The quantitative estimate of drug-likeness (QED) is 0.387. The van der Waals surface area contributed by atoms with E-state index in [9.17, 15) is 14.3 Å². The number of carbonyl (C=O) groups is 1. The van der Waals surface area contributed by atoms with Gasteiger partial charge in [0.25, 0.3) is 5.91 Å². The molecule has 29 heavy (non-hydrogen) atoms. The number of nitrogens with one attached hydrogen (secondary N) is 1. The van der Waals surface area contributed by atoms with Crippen LogP contribution in [-0.2, 0) is 0 Å². The number of rotatable bonds is 3. The number of halogens is 2. The molecule has 2 aromatic rings. The van der Waals surface area contributed by atoms with E-state index in [-0.39, 0.29) is 21.3 Å². The summed E-state index contributed by atoms with van der Waals surface area (Å²) in [6.45, 7) is 3.45. The van der Waals surface area contributed by atoms with E-state index in [1.807, 2.05) is 6.07 Å². The lowest BCUT2D eigenvalue weighted by atomic mass is 10.0. The van der Waals surface area contributed by atoms with Crippen LogP contribution in [-0.4, -0.2) is 33.1 Å². The van der Waals surface area contributed by atoms with E-state index in [0.717, 1.165) is 6.07 Å². The molecule has 3 N–H and O–H groups in total. The first-order chi connectivity index (χ1) is 13.6. The molecule has 1 fully saturated rings. The van der Waals surface area contributed by atoms with Gasteiger partial charge in [-0.3, -0.25) is 14.9 Å². The number of nitriles is 1. The Kier molecular flexibility index (Phi) is 5.47. The fourth-order valence-electron chi connectivity index (χ4n) is 3.22. The monoisotopic (exact) mass is 434 g/mol. The fraction of sp³-hybridized carbons (Fsp3) is 0.211. The van der Waals surface area contributed by atoms with Crippen LogP contribution in [0.4, 0.5) is 15.8 Å². The number of anilines is 2. The van der Waals surface area contributed by atoms with Gasteiger partial charge >= 0.3 is 0 Å². The third-order valence-corrected chi connectivity index (χ3v) is 5.45. The summed E-state index contributed by atoms with van der Waals surface area (Å²) in [5.41, 5.74) is 1.15. The maximum absolute atomic E-state index is 14.4. The summed E-state index contributed by atoms with van der Waals surface area (Å²) in [6, 6.07) is 10.4. The highest BCUT2D eigenvalue weighted by Gasteiger charge is 2.50. The fourth-order valence-corrected chi connectivity index (χ4v) is 3.98. The molecule has 0 bridgehead atoms. The maximum atomic E-state index is 14.4. The molecule has 10 heteroatoms. The van der Waals surface area contributed by atoms with Crippen molar-refractivity contribution in [3.05, 3.63) is 58.4 Å². The van der Waals surface area contributed by atoms with Crippen molar-refractivity contribution < 1.29 is 19.5 Å². The number of hydrogen-bond donors (Lipinski definition) is 3. The predicted molar refractivity (Wildman–Crippen MR) is 109 cm³/mol. The lowest BCUT2D eigenvalue weighted by molar-refractivity contribution is 0.0702. The van der Waals surface area contributed by atoms with Crippen molar-refractivity contribution in [1.82, 2.24) is 5.48 Å². The molecule has 3 rings (SSSR count). The van der Waals surface area contributed by atoms with E-state index in [0.29, 0.717) is 11.4 Å². The molecule has 1 heterocycles. The molecule has 1 aliphatic rings. The average Bonchev–Trinajstić information content (AvgIpc) is 2.85. The van der Waals surface area contributed by atoms with Crippen LogP contribution in [0.3, 0.4) is 0 Å². The SMILES string of the molecule is CC1(C)C(O)N(c2ccc(C#N)c(Cl)c2)C(=S)N1c1ccc(C(=O)NO)c(F)c1. The van der Waals surface area contributed by atoms with Gasteiger partial charge in [-0.2, -0.15) is 5.26 Å². The molecule has 1 unspecified atom stereocenters. The first-order valence-electron chi connectivity index (χ1n) is 8.38. The zero-order chi connectivity index (χ0) is 21.5. The van der Waals surface area contributed by atoms with Crippen LogP contribution >= 0.6 is 23.8 Å². The molecule has 0 spiro atoms. The topological polar surface area (TPSA) is 99.8 Å². The molecule has 1 saturated heterocycles. The molecular weight excluding hydrogens is 419 g/mol. The largest absolute Gasteiger partial charge is 0.371 e. The number of carbonyl (C=O) groups excluding carboxylic acids is 1. The van der Waals surface area contributed by atoms with Gasteiger partial charge in [-0.05, 0) is 62.5 Å². The number of aliphatic hydroxyl groups excluding tert-OH is 1. The zero-order valence-corrected chi connectivity index (χ0v) is 16.9. The van der Waals surface area contributed by atoms with Crippen molar-refractivity contribution in [2.75, 3.05) is 9.80 Å². The van der Waals surface area contributed by atoms with Crippen LogP contribution in [0.5, 0.6) is 0 Å². The second-order valence-corrected chi connectivity index (χ2v) is 7.67. The van der Waals surface area contributed by atoms with Crippen molar-refractivity contribution in [3.63, 3.8) is 0 Å². The summed E-state index contributed by atoms with van der Waals surface area (Å²) in [7, 11) is 0. The molecular formula is C19H16ClFN4O3S. The second-order valence-electron chi connectivity index (χ2n) is 6.90. The van der Waals surface area contributed by atoms with Crippen molar-refractivity contribution in [2.24, 2.45) is 0 Å². The lowest BCUT2D eigenvalue weighted by Gasteiger charge is -2.33. The van der Waals surface area contributed by atoms with Crippen molar-refractivity contribution in [2.45, 2.75) is 25.6 Å². The van der Waals surface area contributed by atoms with Gasteiger partial charge in [0.05, 0.1) is 21.7 Å². The molecule has 7 nitrogen and oxygen atoms in total. The highest BCUT2D eigenvalue weighted by atomic mass is 35.5. The Morgan fingerprint density at radius 1 is 1.31 bits per heavy atom. The van der Waals surface area contributed by atoms with Gasteiger partial charge in [-0.25, -0.2) is 9.87 Å². The Bertz CT molecular complexity index is 1060. The summed E-state index contributed by atoms with van der Waals surface area (Å²) in [6.07, 6.45) is -1.11. The summed E-state index contributed by atoms with van der Waals surface area (Å²) in [5.74, 6) is -1.84. The van der Waals surface area contributed by atoms with Gasteiger partial charge in [0.15, 0.2) is 11.3 Å². The van der Waals surface area contributed by atoms with Crippen LogP contribution in [0, 0.1) is 17.1 Å². The highest BCUT2D eigenvalue weighted by molar-refractivity contribution is 7.80. The molecule has 0 aliphatic carbocycles. The summed E-state index contributed by atoms with van der Waals surface area (Å²) in [4.78, 5) is 14.5. The molecule has 0 saturated carbocycles. The van der Waals surface area contributed by atoms with Crippen molar-refractivity contribution in [3.8, 4) is 6.07 Å². The van der Waals surface area contributed by atoms with Crippen molar-refractivity contribution in [1.29, 1.82) is 5.26 Å². The number of amides is 1. The zero-order valence-electron chi connectivity index (χ0n) is 15.3. The number of hydroxylamine groups is 1. The van der Waals surface area contributed by atoms with Crippen LogP contribution in [0.2, 0.25) is 5.02 Å². The molecule has 1 aliphatic heterocycles. The minimum absolute atomic E-state index is 0.182. The van der Waals surface area contributed by atoms with Crippen LogP contribution in [0.15, 0.2) is 36.4 Å². The summed E-state index contributed by atoms with van der Waals surface area (Å²) in [5, 5.41) is 29.1. The van der Waals surface area contributed by atoms with Crippen LogP contribution in [0.1, 0.15) is 29.8 Å². The lowest BCUT2D eigenvalue weighted by Crippen LogP contribution is -2.47. The van der Waals surface area contributed by atoms with Crippen LogP contribution < -0.4 is 15.3 Å². The Hall–Kier alpha value is -2.77. The van der Waals surface area contributed by atoms with E-state index >= 15 is 0 Å². The van der Waals surface area contributed by atoms with Gasteiger partial charge < -0.3 is 10.0 Å². The van der Waals surface area contributed by atoms with E-state index in [4.69, 9.17) is 34.3 Å². The van der Waals surface area contributed by atoms with E-state index in [2.05, 4.69) is 0 Å². The van der Waals surface area contributed by atoms with E-state index in [1.54, 1.807) is 24.8 Å². The van der Waals surface area contributed by atoms with E-state index < -0.39 is 23.5 Å². The van der Waals surface area contributed by atoms with Gasteiger partial charge in [0.2, 0.25) is 0 Å². The number of aliphatic hydroxyl groups is 1. The van der Waals surface area contributed by atoms with Crippen molar-refractivity contribution >= 4 is 46.2 Å². The number of nitrogens with zero attached hydrogens (tertiary/aromatic N) is 3. The Morgan fingerprint density at radius 3 is 2.52 bits per heavy atom. The summed E-state index contributed by atoms with van der Waals surface area (Å²) >= 11 is 11.7. The summed E-state index contributed by atoms with van der Waals surface area (Å²) < 4.78 is 14.4. The Morgan fingerprint density at radius 2 is 1.97 bits per heavy atom. The predicted octanol–water partition coefficient (Wildman–Crippen LogP) is 3.18. The minimum Gasteiger partial charge on any atom is -0.371 e. The second kappa shape index (κ2) is 7.57. The Balaban J connectivity index is 2.04. The van der Waals surface area contributed by atoms with Crippen LogP contribution in [0.25, 0.3) is 0 Å². The Labute approximate surface area is 176 Å². The van der Waals surface area contributed by atoms with Gasteiger partial charge in [0.1, 0.15) is 11.9 Å². The molecule has 2 aromatic carbocycles. The van der Waals surface area contributed by atoms with Gasteiger partial charge in [0, 0.05) is 11.4 Å². The molecule has 1 atom stereocenters. The number of thiocarbonyl (C=S) groups is 1. The van der Waals surface area contributed by atoms with E-state index in [1.165, 1.54) is 34.6 Å². The van der Waals surface area contributed by atoms with Gasteiger partial charge in [-0.15, -0.1) is 0 Å². The average molecular weight is 435 g/mol.